The van der Waals surface area contributed by atoms with Crippen LogP contribution in [0.15, 0.2) is 60.7 Å². The first-order valence-corrected chi connectivity index (χ1v) is 9.89. The van der Waals surface area contributed by atoms with Crippen LogP contribution in [0.25, 0.3) is 11.3 Å². The number of hydrogen-bond donors (Lipinski definition) is 2. The number of nitrogens with one attached hydrogen (secondary N) is 2. The molecule has 0 fully saturated rings. The molecule has 2 N–H and O–H groups in total. The highest BCUT2D eigenvalue weighted by molar-refractivity contribution is 5.66. The van der Waals surface area contributed by atoms with Crippen molar-refractivity contribution in [2.45, 2.75) is 6.42 Å². The third-order valence-electron chi connectivity index (χ3n) is 4.52. The molecule has 6 nitrogen and oxygen atoms in total. The van der Waals surface area contributed by atoms with Gasteiger partial charge < -0.3 is 20.4 Å². The van der Waals surface area contributed by atoms with E-state index in [-0.39, 0.29) is 0 Å². The molecule has 0 atom stereocenters. The van der Waals surface area contributed by atoms with Gasteiger partial charge in [0.1, 0.15) is 5.82 Å². The predicted octanol–water partition coefficient (Wildman–Crippen LogP) is 4.32. The van der Waals surface area contributed by atoms with Crippen molar-refractivity contribution in [2.75, 3.05) is 56.8 Å². The van der Waals surface area contributed by atoms with Gasteiger partial charge in [-0.1, -0.05) is 30.3 Å². The Morgan fingerprint density at radius 2 is 1.59 bits per heavy atom. The van der Waals surface area contributed by atoms with Crippen LogP contribution in [0, 0.1) is 0 Å². The Labute approximate surface area is 173 Å². The summed E-state index contributed by atoms with van der Waals surface area (Å²) in [4.78, 5) is 13.7. The van der Waals surface area contributed by atoms with Gasteiger partial charge in [-0.05, 0) is 51.3 Å². The number of rotatable bonds is 9. The van der Waals surface area contributed by atoms with Crippen LogP contribution < -0.4 is 15.5 Å². The van der Waals surface area contributed by atoms with Gasteiger partial charge in [-0.2, -0.15) is 4.98 Å². The van der Waals surface area contributed by atoms with Crippen LogP contribution in [0.5, 0.6) is 0 Å². The van der Waals surface area contributed by atoms with Crippen molar-refractivity contribution in [1.29, 1.82) is 0 Å². The van der Waals surface area contributed by atoms with Gasteiger partial charge in [0.2, 0.25) is 5.95 Å². The van der Waals surface area contributed by atoms with Crippen LogP contribution in [0.2, 0.25) is 0 Å². The van der Waals surface area contributed by atoms with E-state index in [0.29, 0.717) is 5.95 Å². The van der Waals surface area contributed by atoms with Gasteiger partial charge in [-0.3, -0.25) is 0 Å². The maximum Gasteiger partial charge on any atom is 0.229 e. The molecule has 6 heteroatoms. The molecule has 0 unspecified atom stereocenters. The number of benzene rings is 2. The maximum absolute atomic E-state index is 4.73. The molecule has 3 rings (SSSR count). The molecule has 0 saturated heterocycles. The van der Waals surface area contributed by atoms with E-state index >= 15 is 0 Å². The molecular weight excluding hydrogens is 360 g/mol. The summed E-state index contributed by atoms with van der Waals surface area (Å²) in [6.07, 6.45) is 1.05. The average Bonchev–Trinajstić information content (AvgIpc) is 2.72. The Balaban J connectivity index is 1.81. The monoisotopic (exact) mass is 390 g/mol. The highest BCUT2D eigenvalue weighted by Gasteiger charge is 2.08. The third-order valence-corrected chi connectivity index (χ3v) is 4.52. The van der Waals surface area contributed by atoms with Crippen molar-refractivity contribution >= 4 is 23.1 Å². The van der Waals surface area contributed by atoms with E-state index < -0.39 is 0 Å². The fourth-order valence-corrected chi connectivity index (χ4v) is 2.93. The Morgan fingerprint density at radius 3 is 2.24 bits per heavy atom. The van der Waals surface area contributed by atoms with Crippen LogP contribution in [-0.2, 0) is 0 Å². The molecule has 0 spiro atoms. The minimum Gasteiger partial charge on any atom is -0.378 e. The van der Waals surface area contributed by atoms with Gasteiger partial charge in [-0.15, -0.1) is 0 Å². The zero-order chi connectivity index (χ0) is 20.6. The van der Waals surface area contributed by atoms with Crippen molar-refractivity contribution in [1.82, 2.24) is 14.9 Å². The van der Waals surface area contributed by atoms with Crippen LogP contribution in [0.3, 0.4) is 0 Å². The van der Waals surface area contributed by atoms with Crippen LogP contribution >= 0.6 is 0 Å². The molecule has 2 aromatic carbocycles. The smallest absolute Gasteiger partial charge is 0.229 e. The summed E-state index contributed by atoms with van der Waals surface area (Å²) >= 11 is 0. The summed E-state index contributed by atoms with van der Waals surface area (Å²) in [5.74, 6) is 1.41. The van der Waals surface area contributed by atoms with Gasteiger partial charge in [0, 0.05) is 43.6 Å². The molecule has 0 aliphatic rings. The first-order valence-electron chi connectivity index (χ1n) is 9.89. The van der Waals surface area contributed by atoms with Gasteiger partial charge in [0.15, 0.2) is 0 Å². The maximum atomic E-state index is 4.73. The molecule has 0 saturated carbocycles. The van der Waals surface area contributed by atoms with E-state index in [1.54, 1.807) is 0 Å². The molecule has 1 aromatic heterocycles. The fraction of sp³-hybridized carbons (Fsp3) is 0.304. The number of nitrogens with zero attached hydrogens (tertiary/aromatic N) is 4. The molecule has 0 aliphatic carbocycles. The van der Waals surface area contributed by atoms with Crippen molar-refractivity contribution < 1.29 is 0 Å². The Kier molecular flexibility index (Phi) is 7.03. The molecule has 29 heavy (non-hydrogen) atoms. The lowest BCUT2D eigenvalue weighted by atomic mass is 10.1. The zero-order valence-corrected chi connectivity index (χ0v) is 17.7. The van der Waals surface area contributed by atoms with Crippen LogP contribution in [-0.4, -0.2) is 56.1 Å². The van der Waals surface area contributed by atoms with E-state index in [1.807, 2.05) is 50.5 Å². The van der Waals surface area contributed by atoms with Crippen molar-refractivity contribution in [3.63, 3.8) is 0 Å². The van der Waals surface area contributed by atoms with Gasteiger partial charge >= 0.3 is 0 Å². The van der Waals surface area contributed by atoms with E-state index in [2.05, 4.69) is 63.8 Å². The largest absolute Gasteiger partial charge is 0.378 e. The van der Waals surface area contributed by atoms with E-state index in [4.69, 9.17) is 4.98 Å². The van der Waals surface area contributed by atoms with Crippen molar-refractivity contribution in [3.05, 3.63) is 60.7 Å². The lowest BCUT2D eigenvalue weighted by Gasteiger charge is -2.14. The first kappa shape index (κ1) is 20.6. The number of aromatic nitrogens is 2. The summed E-state index contributed by atoms with van der Waals surface area (Å²) in [6, 6.07) is 20.4. The van der Waals surface area contributed by atoms with E-state index in [0.717, 1.165) is 48.0 Å². The topological polar surface area (TPSA) is 56.3 Å². The van der Waals surface area contributed by atoms with E-state index in [9.17, 15) is 0 Å². The Hall–Kier alpha value is -3.12. The molecule has 0 radical (unpaired) electrons. The zero-order valence-electron chi connectivity index (χ0n) is 17.7. The van der Waals surface area contributed by atoms with Gasteiger partial charge in [0.25, 0.3) is 0 Å². The van der Waals surface area contributed by atoms with Crippen molar-refractivity contribution in [2.24, 2.45) is 0 Å². The third kappa shape index (κ3) is 6.19. The molecule has 0 amide bonds. The molecule has 0 bridgehead atoms. The minimum atomic E-state index is 0.582. The first-order chi connectivity index (χ1) is 14.0. The average molecular weight is 391 g/mol. The molecule has 1 heterocycles. The molecule has 3 aromatic rings. The lowest BCUT2D eigenvalue weighted by molar-refractivity contribution is 0.405. The predicted molar refractivity (Wildman–Crippen MR) is 123 cm³/mol. The summed E-state index contributed by atoms with van der Waals surface area (Å²) in [5.41, 5.74) is 4.07. The van der Waals surface area contributed by atoms with Gasteiger partial charge in [0.05, 0.1) is 5.69 Å². The van der Waals surface area contributed by atoms with Crippen LogP contribution in [0.1, 0.15) is 6.42 Å². The number of anilines is 4. The molecular formula is C23H30N6. The summed E-state index contributed by atoms with van der Waals surface area (Å²) in [6.45, 7) is 1.90. The minimum absolute atomic E-state index is 0.582. The summed E-state index contributed by atoms with van der Waals surface area (Å²) in [5, 5.41) is 6.78. The molecule has 152 valence electrons. The normalized spacial score (nSPS) is 10.8. The quantitative estimate of drug-likeness (QED) is 0.531. The van der Waals surface area contributed by atoms with Crippen molar-refractivity contribution in [3.8, 4) is 11.3 Å². The van der Waals surface area contributed by atoms with E-state index in [1.165, 1.54) is 0 Å². The fourth-order valence-electron chi connectivity index (χ4n) is 2.93. The second kappa shape index (κ2) is 9.89. The standard InChI is InChI=1S/C23H30N6/c1-28(2)16-8-15-24-22-17-21(18-9-6-5-7-10-18)26-23(27-22)25-19-11-13-20(14-12-19)29(3)4/h5-7,9-14,17H,8,15-16H2,1-4H3,(H2,24,25,26,27). The van der Waals surface area contributed by atoms with Crippen LogP contribution in [0.4, 0.5) is 23.1 Å². The summed E-state index contributed by atoms with van der Waals surface area (Å²) < 4.78 is 0. The Bertz CT molecular complexity index is 891. The second-order valence-corrected chi connectivity index (χ2v) is 7.48. The second-order valence-electron chi connectivity index (χ2n) is 7.48. The highest BCUT2D eigenvalue weighted by Crippen LogP contribution is 2.24. The molecule has 0 aliphatic heterocycles. The van der Waals surface area contributed by atoms with Gasteiger partial charge in [-0.25, -0.2) is 4.98 Å². The Morgan fingerprint density at radius 1 is 0.862 bits per heavy atom. The summed E-state index contributed by atoms with van der Waals surface area (Å²) in [7, 11) is 8.23. The SMILES string of the molecule is CN(C)CCCNc1cc(-c2ccccc2)nc(Nc2ccc(N(C)C)cc2)n1. The highest BCUT2D eigenvalue weighted by atomic mass is 15.1. The lowest BCUT2D eigenvalue weighted by Crippen LogP contribution is -2.16. The number of hydrogen-bond acceptors (Lipinski definition) is 6.